The van der Waals surface area contributed by atoms with Gasteiger partial charge in [0.1, 0.15) is 6.07 Å². The van der Waals surface area contributed by atoms with Gasteiger partial charge in [-0.05, 0) is 18.2 Å². The van der Waals surface area contributed by atoms with Crippen LogP contribution >= 0.6 is 11.6 Å². The molecule has 0 saturated heterocycles. The van der Waals surface area contributed by atoms with Crippen molar-refractivity contribution in [2.45, 2.75) is 0 Å². The first kappa shape index (κ1) is 13.6. The van der Waals surface area contributed by atoms with Gasteiger partial charge in [0.15, 0.2) is 5.69 Å². The normalized spacial score (nSPS) is 9.80. The molecule has 0 fully saturated rings. The molecule has 100 valence electrons. The SMILES string of the molecule is N#Cc1ccc(NC(=O)c2cc(C(=O)O)on2)cc1Cl. The molecule has 0 atom stereocenters. The number of nitriles is 1. The van der Waals surface area contributed by atoms with E-state index < -0.39 is 17.6 Å². The third-order valence-electron chi connectivity index (χ3n) is 2.30. The Labute approximate surface area is 117 Å². The summed E-state index contributed by atoms with van der Waals surface area (Å²) < 4.78 is 4.47. The van der Waals surface area contributed by atoms with E-state index in [2.05, 4.69) is 15.0 Å². The van der Waals surface area contributed by atoms with Crippen molar-refractivity contribution in [3.8, 4) is 6.07 Å². The van der Waals surface area contributed by atoms with E-state index in [1.165, 1.54) is 18.2 Å². The van der Waals surface area contributed by atoms with Crippen molar-refractivity contribution in [1.29, 1.82) is 5.26 Å². The first-order chi connectivity index (χ1) is 9.51. The molecule has 2 N–H and O–H groups in total. The summed E-state index contributed by atoms with van der Waals surface area (Å²) in [6, 6.07) is 7.22. The standard InChI is InChI=1S/C12H6ClN3O4/c13-8-3-7(2-1-6(8)5-14)15-11(17)9-4-10(12(18)19)20-16-9/h1-4H,(H,15,17)(H,18,19). The summed E-state index contributed by atoms with van der Waals surface area (Å²) in [4.78, 5) is 22.4. The molecule has 7 nitrogen and oxygen atoms in total. The van der Waals surface area contributed by atoms with E-state index in [0.717, 1.165) is 6.07 Å². The number of rotatable bonds is 3. The minimum absolute atomic E-state index is 0.178. The van der Waals surface area contributed by atoms with Crippen LogP contribution in [0.4, 0.5) is 5.69 Å². The predicted octanol–water partition coefficient (Wildman–Crippen LogP) is 2.15. The Kier molecular flexibility index (Phi) is 3.68. The number of carboxylic acid groups (broad SMARTS) is 1. The van der Waals surface area contributed by atoms with Gasteiger partial charge in [-0.1, -0.05) is 16.8 Å². The lowest BCUT2D eigenvalue weighted by atomic mass is 10.2. The van der Waals surface area contributed by atoms with Crippen LogP contribution in [-0.4, -0.2) is 22.1 Å². The highest BCUT2D eigenvalue weighted by Crippen LogP contribution is 2.20. The number of hydrogen-bond donors (Lipinski definition) is 2. The average molecular weight is 292 g/mol. The second-order valence-electron chi connectivity index (χ2n) is 3.64. The highest BCUT2D eigenvalue weighted by molar-refractivity contribution is 6.32. The largest absolute Gasteiger partial charge is 0.475 e. The zero-order valence-electron chi connectivity index (χ0n) is 9.75. The van der Waals surface area contributed by atoms with Gasteiger partial charge in [-0.25, -0.2) is 4.79 Å². The van der Waals surface area contributed by atoms with E-state index in [1.54, 1.807) is 0 Å². The summed E-state index contributed by atoms with van der Waals surface area (Å²) in [5.41, 5.74) is 0.445. The smallest absolute Gasteiger partial charge is 0.374 e. The van der Waals surface area contributed by atoms with Gasteiger partial charge < -0.3 is 14.9 Å². The van der Waals surface area contributed by atoms with E-state index in [0.29, 0.717) is 5.69 Å². The molecule has 0 unspecified atom stereocenters. The van der Waals surface area contributed by atoms with Crippen LogP contribution in [-0.2, 0) is 0 Å². The zero-order valence-corrected chi connectivity index (χ0v) is 10.5. The van der Waals surface area contributed by atoms with Gasteiger partial charge in [0, 0.05) is 11.8 Å². The number of nitrogens with zero attached hydrogens (tertiary/aromatic N) is 2. The summed E-state index contributed by atoms with van der Waals surface area (Å²) in [5, 5.41) is 23.4. The first-order valence-electron chi connectivity index (χ1n) is 5.22. The van der Waals surface area contributed by atoms with E-state index >= 15 is 0 Å². The van der Waals surface area contributed by atoms with Gasteiger partial charge in [-0.3, -0.25) is 4.79 Å². The Morgan fingerprint density at radius 1 is 1.40 bits per heavy atom. The molecule has 0 radical (unpaired) electrons. The maximum Gasteiger partial charge on any atom is 0.374 e. The minimum atomic E-state index is -1.32. The Hall–Kier alpha value is -2.85. The van der Waals surface area contributed by atoms with Crippen molar-refractivity contribution in [1.82, 2.24) is 5.16 Å². The average Bonchev–Trinajstić information content (AvgIpc) is 2.88. The molecule has 20 heavy (non-hydrogen) atoms. The van der Waals surface area contributed by atoms with Crippen LogP contribution in [0.25, 0.3) is 0 Å². The fourth-order valence-electron chi connectivity index (χ4n) is 1.36. The van der Waals surface area contributed by atoms with Crippen LogP contribution in [0.3, 0.4) is 0 Å². The summed E-state index contributed by atoms with van der Waals surface area (Å²) in [6.07, 6.45) is 0. The molecule has 0 aliphatic carbocycles. The third kappa shape index (κ3) is 2.76. The fourth-order valence-corrected chi connectivity index (χ4v) is 1.58. The highest BCUT2D eigenvalue weighted by atomic mass is 35.5. The van der Waals surface area contributed by atoms with E-state index in [1.807, 2.05) is 6.07 Å². The van der Waals surface area contributed by atoms with E-state index in [4.69, 9.17) is 22.0 Å². The molecule has 2 aromatic rings. The van der Waals surface area contributed by atoms with Crippen LogP contribution in [0.2, 0.25) is 5.02 Å². The number of carbonyl (C=O) groups is 2. The molecular weight excluding hydrogens is 286 g/mol. The number of hydrogen-bond acceptors (Lipinski definition) is 5. The Balaban J connectivity index is 2.17. The van der Waals surface area contributed by atoms with Crippen LogP contribution in [0.5, 0.6) is 0 Å². The van der Waals surface area contributed by atoms with Crippen molar-refractivity contribution in [3.63, 3.8) is 0 Å². The van der Waals surface area contributed by atoms with Gasteiger partial charge in [0.2, 0.25) is 5.76 Å². The second kappa shape index (κ2) is 5.42. The number of halogens is 1. The Morgan fingerprint density at radius 3 is 2.70 bits per heavy atom. The summed E-state index contributed by atoms with van der Waals surface area (Å²) in [6.45, 7) is 0. The van der Waals surface area contributed by atoms with Crippen molar-refractivity contribution in [2.75, 3.05) is 5.32 Å². The van der Waals surface area contributed by atoms with Gasteiger partial charge in [-0.15, -0.1) is 0 Å². The number of amides is 1. The van der Waals surface area contributed by atoms with Crippen molar-refractivity contribution in [3.05, 3.63) is 46.3 Å². The highest BCUT2D eigenvalue weighted by Gasteiger charge is 2.16. The lowest BCUT2D eigenvalue weighted by Crippen LogP contribution is -2.12. The summed E-state index contributed by atoms with van der Waals surface area (Å²) >= 11 is 5.82. The molecule has 0 aliphatic rings. The molecule has 0 bridgehead atoms. The van der Waals surface area contributed by atoms with Gasteiger partial charge >= 0.3 is 5.97 Å². The fraction of sp³-hybridized carbons (Fsp3) is 0. The Bertz CT molecular complexity index is 733. The molecule has 0 saturated carbocycles. The maximum atomic E-state index is 11.8. The number of carbonyl (C=O) groups excluding carboxylic acids is 1. The van der Waals surface area contributed by atoms with Gasteiger partial charge in [0.05, 0.1) is 10.6 Å². The second-order valence-corrected chi connectivity index (χ2v) is 4.05. The van der Waals surface area contributed by atoms with Gasteiger partial charge in [-0.2, -0.15) is 5.26 Å². The quantitative estimate of drug-likeness (QED) is 0.895. The number of carboxylic acids is 1. The summed E-state index contributed by atoms with van der Waals surface area (Å²) in [5.74, 6) is -2.41. The number of aromatic carboxylic acids is 1. The number of aromatic nitrogens is 1. The predicted molar refractivity (Wildman–Crippen MR) is 67.6 cm³/mol. The van der Waals surface area contributed by atoms with E-state index in [-0.39, 0.29) is 16.3 Å². The molecule has 0 aliphatic heterocycles. The summed E-state index contributed by atoms with van der Waals surface area (Å²) in [7, 11) is 0. The topological polar surface area (TPSA) is 116 Å². The first-order valence-corrected chi connectivity index (χ1v) is 5.60. The van der Waals surface area contributed by atoms with Crippen LogP contribution < -0.4 is 5.32 Å². The van der Waals surface area contributed by atoms with Crippen LogP contribution in [0, 0.1) is 11.3 Å². The molecule has 1 aromatic heterocycles. The Morgan fingerprint density at radius 2 is 2.15 bits per heavy atom. The van der Waals surface area contributed by atoms with E-state index in [9.17, 15) is 9.59 Å². The van der Waals surface area contributed by atoms with Crippen molar-refractivity contribution < 1.29 is 19.2 Å². The maximum absolute atomic E-state index is 11.8. The molecule has 1 amide bonds. The molecule has 2 rings (SSSR count). The molecular formula is C12H6ClN3O4. The van der Waals surface area contributed by atoms with Gasteiger partial charge in [0.25, 0.3) is 5.91 Å². The number of nitrogens with one attached hydrogen (secondary N) is 1. The number of anilines is 1. The van der Waals surface area contributed by atoms with Crippen molar-refractivity contribution in [2.24, 2.45) is 0 Å². The monoisotopic (exact) mass is 291 g/mol. The lowest BCUT2D eigenvalue weighted by Gasteiger charge is -2.03. The number of benzene rings is 1. The molecule has 1 aromatic carbocycles. The lowest BCUT2D eigenvalue weighted by molar-refractivity contribution is 0.0651. The molecule has 0 spiro atoms. The molecule has 8 heteroatoms. The minimum Gasteiger partial charge on any atom is -0.475 e. The molecule has 1 heterocycles. The van der Waals surface area contributed by atoms with Crippen LogP contribution in [0.1, 0.15) is 26.6 Å². The zero-order chi connectivity index (χ0) is 14.7. The van der Waals surface area contributed by atoms with Crippen LogP contribution in [0.15, 0.2) is 28.8 Å². The van der Waals surface area contributed by atoms with Crippen molar-refractivity contribution >= 4 is 29.2 Å². The third-order valence-corrected chi connectivity index (χ3v) is 2.61.